The Balaban J connectivity index is 1.11. The molecular formula is C45H25N3OS. The van der Waals surface area contributed by atoms with Crippen molar-refractivity contribution in [2.45, 2.75) is 0 Å². The molecule has 0 aliphatic carbocycles. The SMILES string of the molecule is c1ccc(-c2nc(-c3ccc4c(ccc5ccc6c(ccc7oc8ccccc8c76)c54)c3)nc(-c3ccc4sc5ccccc5c4c3)n2)cc1. The van der Waals surface area contributed by atoms with Crippen LogP contribution in [0.25, 0.3) is 109 Å². The van der Waals surface area contributed by atoms with Crippen LogP contribution >= 0.6 is 11.3 Å². The maximum absolute atomic E-state index is 6.23. The fraction of sp³-hybridized carbons (Fsp3) is 0. The summed E-state index contributed by atoms with van der Waals surface area (Å²) in [6.45, 7) is 0. The van der Waals surface area contributed by atoms with E-state index in [9.17, 15) is 0 Å². The number of fused-ring (bicyclic) bond motifs is 12. The minimum atomic E-state index is 0.649. The van der Waals surface area contributed by atoms with Crippen LogP contribution < -0.4 is 0 Å². The fourth-order valence-electron chi connectivity index (χ4n) is 7.55. The van der Waals surface area contributed by atoms with Crippen molar-refractivity contribution in [2.24, 2.45) is 0 Å². The van der Waals surface area contributed by atoms with Crippen molar-refractivity contribution in [1.82, 2.24) is 15.0 Å². The largest absolute Gasteiger partial charge is 0.456 e. The number of aromatic nitrogens is 3. The number of thiophene rings is 1. The van der Waals surface area contributed by atoms with Gasteiger partial charge in [-0.25, -0.2) is 15.0 Å². The van der Waals surface area contributed by atoms with E-state index in [0.29, 0.717) is 17.5 Å². The quantitative estimate of drug-likeness (QED) is 0.178. The van der Waals surface area contributed by atoms with Gasteiger partial charge in [-0.15, -0.1) is 11.3 Å². The Bertz CT molecular complexity index is 3160. The Kier molecular flexibility index (Phi) is 5.80. The maximum atomic E-state index is 6.23. The van der Waals surface area contributed by atoms with E-state index < -0.39 is 0 Å². The lowest BCUT2D eigenvalue weighted by Gasteiger charge is -2.11. The molecule has 0 spiro atoms. The van der Waals surface area contributed by atoms with Gasteiger partial charge >= 0.3 is 0 Å². The average Bonchev–Trinajstić information content (AvgIpc) is 3.76. The van der Waals surface area contributed by atoms with E-state index in [1.54, 1.807) is 0 Å². The van der Waals surface area contributed by atoms with Gasteiger partial charge < -0.3 is 4.42 Å². The summed E-state index contributed by atoms with van der Waals surface area (Å²) in [5.74, 6) is 1.96. The Morgan fingerprint density at radius 1 is 0.360 bits per heavy atom. The maximum Gasteiger partial charge on any atom is 0.164 e. The van der Waals surface area contributed by atoms with Crippen molar-refractivity contribution in [2.75, 3.05) is 0 Å². The molecule has 0 aliphatic heterocycles. The molecule has 0 aliphatic rings. The Morgan fingerprint density at radius 3 is 1.86 bits per heavy atom. The van der Waals surface area contributed by atoms with Crippen molar-refractivity contribution in [3.63, 3.8) is 0 Å². The number of benzene rings is 8. The topological polar surface area (TPSA) is 51.8 Å². The lowest BCUT2D eigenvalue weighted by Crippen LogP contribution is -2.00. The van der Waals surface area contributed by atoms with Crippen LogP contribution in [0.5, 0.6) is 0 Å². The second-order valence-electron chi connectivity index (χ2n) is 12.8. The zero-order chi connectivity index (χ0) is 32.8. The van der Waals surface area contributed by atoms with Crippen molar-refractivity contribution in [1.29, 1.82) is 0 Å². The predicted octanol–water partition coefficient (Wildman–Crippen LogP) is 12.6. The second-order valence-corrected chi connectivity index (χ2v) is 13.9. The Labute approximate surface area is 289 Å². The molecule has 0 amide bonds. The van der Waals surface area contributed by atoms with Crippen LogP contribution in [0.15, 0.2) is 156 Å². The van der Waals surface area contributed by atoms with Crippen LogP contribution in [0, 0.1) is 0 Å². The third-order valence-electron chi connectivity index (χ3n) is 9.90. The molecule has 50 heavy (non-hydrogen) atoms. The third-order valence-corrected chi connectivity index (χ3v) is 11.0. The van der Waals surface area contributed by atoms with Crippen LogP contribution in [0.2, 0.25) is 0 Å². The van der Waals surface area contributed by atoms with E-state index in [0.717, 1.165) is 44.0 Å². The Morgan fingerprint density at radius 2 is 0.980 bits per heavy atom. The van der Waals surface area contributed by atoms with Gasteiger partial charge in [0.15, 0.2) is 17.5 Å². The highest BCUT2D eigenvalue weighted by Gasteiger charge is 2.17. The van der Waals surface area contributed by atoms with Gasteiger partial charge in [0.2, 0.25) is 0 Å². The van der Waals surface area contributed by atoms with E-state index in [4.69, 9.17) is 19.4 Å². The van der Waals surface area contributed by atoms with Crippen LogP contribution in [-0.2, 0) is 0 Å². The van der Waals surface area contributed by atoms with Gasteiger partial charge in [0, 0.05) is 47.6 Å². The lowest BCUT2D eigenvalue weighted by molar-refractivity contribution is 0.669. The van der Waals surface area contributed by atoms with E-state index in [1.807, 2.05) is 41.7 Å². The first-order chi connectivity index (χ1) is 24.7. The minimum Gasteiger partial charge on any atom is -0.456 e. The molecule has 0 fully saturated rings. The number of para-hydroxylation sites is 1. The van der Waals surface area contributed by atoms with Crippen LogP contribution in [-0.4, -0.2) is 15.0 Å². The van der Waals surface area contributed by atoms with E-state index in [2.05, 4.69) is 121 Å². The van der Waals surface area contributed by atoms with Gasteiger partial charge in [0.05, 0.1) is 0 Å². The van der Waals surface area contributed by atoms with Crippen LogP contribution in [0.3, 0.4) is 0 Å². The van der Waals surface area contributed by atoms with Crippen molar-refractivity contribution >= 4 is 85.8 Å². The fourth-order valence-corrected chi connectivity index (χ4v) is 8.63. The molecule has 5 heteroatoms. The number of hydrogen-bond donors (Lipinski definition) is 0. The molecule has 0 radical (unpaired) electrons. The number of rotatable bonds is 3. The first-order valence-corrected chi connectivity index (χ1v) is 17.5. The molecular weight excluding hydrogens is 631 g/mol. The van der Waals surface area contributed by atoms with Gasteiger partial charge in [-0.2, -0.15) is 0 Å². The monoisotopic (exact) mass is 655 g/mol. The molecule has 11 rings (SSSR count). The first-order valence-electron chi connectivity index (χ1n) is 16.7. The standard InChI is InChI=1S/C45H25N3OS/c1-2-8-27(9-3-1)43-46-44(48-45(47-43)30-18-23-40-36(25-30)32-10-5-7-13-39(32)50-40)29-17-19-31-28(24-29)15-14-26-16-20-34-33(41(26)31)21-22-38-42(34)35-11-4-6-12-37(35)49-38/h1-25H. The van der Waals surface area contributed by atoms with Crippen LogP contribution in [0.4, 0.5) is 0 Å². The third kappa shape index (κ3) is 4.14. The highest BCUT2D eigenvalue weighted by atomic mass is 32.1. The predicted molar refractivity (Wildman–Crippen MR) is 209 cm³/mol. The molecule has 3 heterocycles. The van der Waals surface area contributed by atoms with Gasteiger partial charge in [0.25, 0.3) is 0 Å². The smallest absolute Gasteiger partial charge is 0.164 e. The lowest BCUT2D eigenvalue weighted by atomic mass is 9.93. The van der Waals surface area contributed by atoms with Gasteiger partial charge in [-0.3, -0.25) is 0 Å². The molecule has 0 saturated heterocycles. The minimum absolute atomic E-state index is 0.649. The molecule has 0 atom stereocenters. The highest BCUT2D eigenvalue weighted by Crippen LogP contribution is 2.41. The zero-order valence-electron chi connectivity index (χ0n) is 26.6. The van der Waals surface area contributed by atoms with Crippen molar-refractivity contribution in [3.8, 4) is 34.2 Å². The molecule has 4 nitrogen and oxygen atoms in total. The summed E-state index contributed by atoms with van der Waals surface area (Å²) in [5, 5.41) is 11.9. The second kappa shape index (κ2) is 10.5. The average molecular weight is 656 g/mol. The number of nitrogens with zero attached hydrogens (tertiary/aromatic N) is 3. The number of hydrogen-bond acceptors (Lipinski definition) is 5. The molecule has 11 aromatic rings. The van der Waals surface area contributed by atoms with E-state index >= 15 is 0 Å². The number of furan rings is 1. The summed E-state index contributed by atoms with van der Waals surface area (Å²) in [6, 6.07) is 53.3. The van der Waals surface area contributed by atoms with Gasteiger partial charge in [-0.1, -0.05) is 103 Å². The molecule has 0 bridgehead atoms. The molecule has 8 aromatic carbocycles. The molecule has 0 unspecified atom stereocenters. The van der Waals surface area contributed by atoms with Gasteiger partial charge in [0.1, 0.15) is 11.2 Å². The first kappa shape index (κ1) is 27.5. The van der Waals surface area contributed by atoms with E-state index in [-0.39, 0.29) is 0 Å². The summed E-state index contributed by atoms with van der Waals surface area (Å²) in [4.78, 5) is 15.2. The highest BCUT2D eigenvalue weighted by molar-refractivity contribution is 7.25. The van der Waals surface area contributed by atoms with Crippen LogP contribution in [0.1, 0.15) is 0 Å². The summed E-state index contributed by atoms with van der Waals surface area (Å²) in [7, 11) is 0. The van der Waals surface area contributed by atoms with Crippen molar-refractivity contribution < 1.29 is 4.42 Å². The summed E-state index contributed by atoms with van der Waals surface area (Å²) < 4.78 is 8.76. The van der Waals surface area contributed by atoms with Gasteiger partial charge in [-0.05, 0) is 80.8 Å². The normalized spacial score (nSPS) is 12.0. The molecule has 3 aromatic heterocycles. The summed E-state index contributed by atoms with van der Waals surface area (Å²) in [6.07, 6.45) is 0. The van der Waals surface area contributed by atoms with Crippen molar-refractivity contribution in [3.05, 3.63) is 152 Å². The molecule has 232 valence electrons. The van der Waals surface area contributed by atoms with E-state index in [1.165, 1.54) is 47.1 Å². The Hall–Kier alpha value is -6.43. The zero-order valence-corrected chi connectivity index (χ0v) is 27.4. The summed E-state index contributed by atoms with van der Waals surface area (Å²) in [5.41, 5.74) is 4.69. The summed E-state index contributed by atoms with van der Waals surface area (Å²) >= 11 is 1.81. The molecule has 0 N–H and O–H groups in total. The molecule has 0 saturated carbocycles.